The number of aliphatic hydroxyl groups excluding tert-OH is 1. The predicted octanol–water partition coefficient (Wildman–Crippen LogP) is 1.99. The van der Waals surface area contributed by atoms with Gasteiger partial charge in [0.15, 0.2) is 0 Å². The van der Waals surface area contributed by atoms with Gasteiger partial charge in [0.25, 0.3) is 0 Å². The molecule has 0 aliphatic heterocycles. The van der Waals surface area contributed by atoms with Crippen molar-refractivity contribution in [2.45, 2.75) is 72.1 Å². The zero-order chi connectivity index (χ0) is 13.4. The number of ether oxygens (including phenoxy) is 3. The molecule has 4 heteroatoms. The van der Waals surface area contributed by atoms with Gasteiger partial charge in [-0.15, -0.1) is 0 Å². The van der Waals surface area contributed by atoms with Crippen LogP contribution in [0.4, 0.5) is 0 Å². The normalized spacial score (nSPS) is 17.5. The lowest BCUT2D eigenvalue weighted by molar-refractivity contribution is -0.143. The van der Waals surface area contributed by atoms with Gasteiger partial charge in [-0.2, -0.15) is 0 Å². The summed E-state index contributed by atoms with van der Waals surface area (Å²) >= 11 is 0. The molecule has 0 aromatic rings. The third-order valence-electron chi connectivity index (χ3n) is 2.27. The summed E-state index contributed by atoms with van der Waals surface area (Å²) in [6.45, 7) is 12.3. The fourth-order valence-corrected chi connectivity index (χ4v) is 1.43. The SMILES string of the molecule is CC(C)OC[C@@H](O[C@@H](C)CO)C(C)OC(C)C. The highest BCUT2D eigenvalue weighted by Gasteiger charge is 2.22. The summed E-state index contributed by atoms with van der Waals surface area (Å²) < 4.78 is 17.0. The Morgan fingerprint density at radius 2 is 1.47 bits per heavy atom. The molecule has 0 spiro atoms. The topological polar surface area (TPSA) is 47.9 Å². The summed E-state index contributed by atoms with van der Waals surface area (Å²) in [5.41, 5.74) is 0. The Hall–Kier alpha value is -0.160. The van der Waals surface area contributed by atoms with Crippen LogP contribution in [0.3, 0.4) is 0 Å². The van der Waals surface area contributed by atoms with Crippen LogP contribution in [0.25, 0.3) is 0 Å². The van der Waals surface area contributed by atoms with Gasteiger partial charge in [0.1, 0.15) is 6.10 Å². The van der Waals surface area contributed by atoms with Crippen LogP contribution in [-0.2, 0) is 14.2 Å². The van der Waals surface area contributed by atoms with Crippen LogP contribution in [0.5, 0.6) is 0 Å². The minimum atomic E-state index is -0.200. The standard InChI is InChI=1S/C13H28O4/c1-9(2)15-8-13(17-11(5)7-14)12(6)16-10(3)4/h9-14H,7-8H2,1-6H3/t11-,12?,13+/m0/s1. The van der Waals surface area contributed by atoms with Crippen molar-refractivity contribution in [3.05, 3.63) is 0 Å². The summed E-state index contributed by atoms with van der Waals surface area (Å²) in [5.74, 6) is 0. The highest BCUT2D eigenvalue weighted by molar-refractivity contribution is 4.69. The van der Waals surface area contributed by atoms with Gasteiger partial charge in [0.05, 0.1) is 37.6 Å². The molecule has 0 saturated heterocycles. The smallest absolute Gasteiger partial charge is 0.107 e. The van der Waals surface area contributed by atoms with Crippen molar-refractivity contribution >= 4 is 0 Å². The van der Waals surface area contributed by atoms with Crippen LogP contribution >= 0.6 is 0 Å². The van der Waals surface area contributed by atoms with E-state index in [1.807, 2.05) is 41.5 Å². The Morgan fingerprint density at radius 1 is 0.882 bits per heavy atom. The Labute approximate surface area is 105 Å². The molecule has 0 bridgehead atoms. The minimum Gasteiger partial charge on any atom is -0.394 e. The minimum absolute atomic E-state index is 0.00652. The van der Waals surface area contributed by atoms with Crippen molar-refractivity contribution < 1.29 is 19.3 Å². The van der Waals surface area contributed by atoms with Crippen LogP contribution in [0.2, 0.25) is 0 Å². The molecule has 0 saturated carbocycles. The van der Waals surface area contributed by atoms with E-state index in [4.69, 9.17) is 19.3 Å². The van der Waals surface area contributed by atoms with Crippen LogP contribution < -0.4 is 0 Å². The second-order valence-electron chi connectivity index (χ2n) is 4.94. The third-order valence-corrected chi connectivity index (χ3v) is 2.27. The molecule has 0 heterocycles. The van der Waals surface area contributed by atoms with Crippen LogP contribution in [0.15, 0.2) is 0 Å². The van der Waals surface area contributed by atoms with Gasteiger partial charge < -0.3 is 19.3 Å². The summed E-state index contributed by atoms with van der Waals surface area (Å²) in [5, 5.41) is 9.02. The second-order valence-corrected chi connectivity index (χ2v) is 4.94. The van der Waals surface area contributed by atoms with Crippen molar-refractivity contribution in [3.63, 3.8) is 0 Å². The van der Waals surface area contributed by atoms with Crippen LogP contribution in [0, 0.1) is 0 Å². The van der Waals surface area contributed by atoms with Gasteiger partial charge in [0.2, 0.25) is 0 Å². The van der Waals surface area contributed by atoms with Crippen molar-refractivity contribution in [3.8, 4) is 0 Å². The molecule has 0 radical (unpaired) electrons. The number of hydrogen-bond donors (Lipinski definition) is 1. The van der Waals surface area contributed by atoms with E-state index in [1.165, 1.54) is 0 Å². The summed E-state index contributed by atoms with van der Waals surface area (Å²) in [4.78, 5) is 0. The molecular formula is C13H28O4. The van der Waals surface area contributed by atoms with Crippen molar-refractivity contribution in [2.24, 2.45) is 0 Å². The van der Waals surface area contributed by atoms with Crippen molar-refractivity contribution in [2.75, 3.05) is 13.2 Å². The van der Waals surface area contributed by atoms with E-state index < -0.39 is 0 Å². The molecule has 0 aromatic carbocycles. The zero-order valence-corrected chi connectivity index (χ0v) is 12.0. The maximum Gasteiger partial charge on any atom is 0.107 e. The highest BCUT2D eigenvalue weighted by Crippen LogP contribution is 2.11. The van der Waals surface area contributed by atoms with E-state index in [0.29, 0.717) is 6.61 Å². The molecule has 0 aliphatic rings. The molecule has 17 heavy (non-hydrogen) atoms. The van der Waals surface area contributed by atoms with Crippen LogP contribution in [0.1, 0.15) is 41.5 Å². The van der Waals surface area contributed by atoms with Crippen LogP contribution in [-0.4, -0.2) is 48.8 Å². The van der Waals surface area contributed by atoms with Gasteiger partial charge >= 0.3 is 0 Å². The van der Waals surface area contributed by atoms with Gasteiger partial charge in [-0.3, -0.25) is 0 Å². The van der Waals surface area contributed by atoms with E-state index in [2.05, 4.69) is 0 Å². The van der Waals surface area contributed by atoms with E-state index in [-0.39, 0.29) is 37.1 Å². The first-order chi connectivity index (χ1) is 7.86. The third kappa shape index (κ3) is 8.55. The monoisotopic (exact) mass is 248 g/mol. The molecular weight excluding hydrogens is 220 g/mol. The Bertz CT molecular complexity index is 182. The zero-order valence-electron chi connectivity index (χ0n) is 12.0. The van der Waals surface area contributed by atoms with E-state index in [9.17, 15) is 0 Å². The molecule has 0 aromatic heterocycles. The molecule has 4 nitrogen and oxygen atoms in total. The van der Waals surface area contributed by atoms with E-state index in [0.717, 1.165) is 0 Å². The fourth-order valence-electron chi connectivity index (χ4n) is 1.43. The van der Waals surface area contributed by atoms with Gasteiger partial charge in [-0.1, -0.05) is 0 Å². The summed E-state index contributed by atoms with van der Waals surface area (Å²) in [6.07, 6.45) is -0.0879. The van der Waals surface area contributed by atoms with Gasteiger partial charge in [-0.05, 0) is 41.5 Å². The Kier molecular flexibility index (Phi) is 8.78. The quantitative estimate of drug-likeness (QED) is 0.678. The van der Waals surface area contributed by atoms with Crippen molar-refractivity contribution in [1.82, 2.24) is 0 Å². The maximum absolute atomic E-state index is 9.02. The second kappa shape index (κ2) is 8.86. The largest absolute Gasteiger partial charge is 0.394 e. The average molecular weight is 248 g/mol. The van der Waals surface area contributed by atoms with E-state index >= 15 is 0 Å². The molecule has 1 unspecified atom stereocenters. The maximum atomic E-state index is 9.02. The first-order valence-corrected chi connectivity index (χ1v) is 6.40. The van der Waals surface area contributed by atoms with E-state index in [1.54, 1.807) is 0 Å². The predicted molar refractivity (Wildman–Crippen MR) is 68.2 cm³/mol. The van der Waals surface area contributed by atoms with Gasteiger partial charge in [-0.25, -0.2) is 0 Å². The Morgan fingerprint density at radius 3 is 1.88 bits per heavy atom. The molecule has 1 N–H and O–H groups in total. The number of hydrogen-bond acceptors (Lipinski definition) is 4. The first kappa shape index (κ1) is 16.8. The lowest BCUT2D eigenvalue weighted by atomic mass is 10.2. The number of rotatable bonds is 9. The Balaban J connectivity index is 4.26. The van der Waals surface area contributed by atoms with Gasteiger partial charge in [0, 0.05) is 0 Å². The summed E-state index contributed by atoms with van der Waals surface area (Å²) in [6, 6.07) is 0. The molecule has 0 aliphatic carbocycles. The number of aliphatic hydroxyl groups is 1. The molecule has 0 rings (SSSR count). The molecule has 104 valence electrons. The van der Waals surface area contributed by atoms with Crippen molar-refractivity contribution in [1.29, 1.82) is 0 Å². The highest BCUT2D eigenvalue weighted by atomic mass is 16.6. The first-order valence-electron chi connectivity index (χ1n) is 6.40. The lowest BCUT2D eigenvalue weighted by Crippen LogP contribution is -2.38. The summed E-state index contributed by atoms with van der Waals surface area (Å²) in [7, 11) is 0. The lowest BCUT2D eigenvalue weighted by Gasteiger charge is -2.28. The molecule has 3 atom stereocenters. The molecule has 0 fully saturated rings. The average Bonchev–Trinajstić information content (AvgIpc) is 2.22. The molecule has 0 amide bonds. The fraction of sp³-hybridized carbons (Fsp3) is 1.00.